The van der Waals surface area contributed by atoms with Crippen molar-refractivity contribution in [3.63, 3.8) is 0 Å². The van der Waals surface area contributed by atoms with E-state index in [9.17, 15) is 4.79 Å². The minimum Gasteiger partial charge on any atom is -0.381 e. The van der Waals surface area contributed by atoms with Crippen molar-refractivity contribution in [1.29, 1.82) is 0 Å². The van der Waals surface area contributed by atoms with Crippen LogP contribution in [0.1, 0.15) is 31.2 Å². The number of rotatable bonds is 3. The zero-order valence-electron chi connectivity index (χ0n) is 12.9. The standard InChI is InChI=1S/C17H23N3O2/c21-17-11-16-15(20(17)12-13-1-6-18-7-2-13)3-8-19(16)14-4-9-22-10-5-14/h1-2,6-7,14-16H,3-5,8-12H2/t15-,16+/m1/s1. The van der Waals surface area contributed by atoms with Gasteiger partial charge >= 0.3 is 0 Å². The summed E-state index contributed by atoms with van der Waals surface area (Å²) in [6, 6.07) is 5.43. The van der Waals surface area contributed by atoms with Gasteiger partial charge in [0.15, 0.2) is 0 Å². The second kappa shape index (κ2) is 5.97. The van der Waals surface area contributed by atoms with E-state index in [-0.39, 0.29) is 0 Å². The molecular formula is C17H23N3O2. The van der Waals surface area contributed by atoms with Crippen molar-refractivity contribution >= 4 is 5.91 Å². The monoisotopic (exact) mass is 301 g/mol. The molecule has 0 aromatic carbocycles. The van der Waals surface area contributed by atoms with Crippen LogP contribution in [-0.2, 0) is 16.1 Å². The molecule has 2 atom stereocenters. The summed E-state index contributed by atoms with van der Waals surface area (Å²) in [5.41, 5.74) is 1.17. The first-order valence-corrected chi connectivity index (χ1v) is 8.35. The molecule has 0 saturated carbocycles. The molecule has 0 aliphatic carbocycles. The average molecular weight is 301 g/mol. The summed E-state index contributed by atoms with van der Waals surface area (Å²) in [5.74, 6) is 0.309. The van der Waals surface area contributed by atoms with Gasteiger partial charge in [0.2, 0.25) is 5.91 Å². The van der Waals surface area contributed by atoms with Crippen LogP contribution < -0.4 is 0 Å². The fourth-order valence-corrected chi connectivity index (χ4v) is 4.32. The molecule has 1 aromatic heterocycles. The zero-order valence-corrected chi connectivity index (χ0v) is 12.9. The van der Waals surface area contributed by atoms with Crippen LogP contribution in [0, 0.1) is 0 Å². The van der Waals surface area contributed by atoms with Gasteiger partial charge in [0, 0.05) is 63.2 Å². The molecule has 1 amide bonds. The lowest BCUT2D eigenvalue weighted by Gasteiger charge is -2.34. The van der Waals surface area contributed by atoms with Crippen molar-refractivity contribution in [3.05, 3.63) is 30.1 Å². The Kier molecular flexibility index (Phi) is 3.84. The predicted octanol–water partition coefficient (Wildman–Crippen LogP) is 1.44. The lowest BCUT2D eigenvalue weighted by atomic mass is 10.0. The molecule has 0 bridgehead atoms. The maximum absolute atomic E-state index is 12.5. The Hall–Kier alpha value is -1.46. The van der Waals surface area contributed by atoms with Crippen molar-refractivity contribution in [1.82, 2.24) is 14.8 Å². The Labute approximate surface area is 131 Å². The molecular weight excluding hydrogens is 278 g/mol. The Morgan fingerprint density at radius 1 is 1.14 bits per heavy atom. The molecule has 1 aromatic rings. The van der Waals surface area contributed by atoms with Gasteiger partial charge in [-0.1, -0.05) is 0 Å². The number of hydrogen-bond donors (Lipinski definition) is 0. The summed E-state index contributed by atoms with van der Waals surface area (Å²) in [7, 11) is 0. The second-order valence-electron chi connectivity index (χ2n) is 6.59. The SMILES string of the molecule is O=C1C[C@H]2[C@@H](CCN2C2CCOCC2)N1Cc1ccncc1. The van der Waals surface area contributed by atoms with E-state index in [1.54, 1.807) is 12.4 Å². The van der Waals surface area contributed by atoms with Crippen LogP contribution in [-0.4, -0.2) is 58.6 Å². The minimum absolute atomic E-state index is 0.309. The normalized spacial score (nSPS) is 30.0. The fraction of sp³-hybridized carbons (Fsp3) is 0.647. The molecule has 5 nitrogen and oxygen atoms in total. The molecule has 4 heterocycles. The van der Waals surface area contributed by atoms with E-state index < -0.39 is 0 Å². The van der Waals surface area contributed by atoms with Crippen molar-refractivity contribution < 1.29 is 9.53 Å². The van der Waals surface area contributed by atoms with Crippen molar-refractivity contribution in [3.8, 4) is 0 Å². The zero-order chi connectivity index (χ0) is 14.9. The quantitative estimate of drug-likeness (QED) is 0.847. The van der Waals surface area contributed by atoms with Crippen LogP contribution in [0.2, 0.25) is 0 Å². The van der Waals surface area contributed by atoms with Gasteiger partial charge in [-0.2, -0.15) is 0 Å². The number of carbonyl (C=O) groups excluding carboxylic acids is 1. The number of carbonyl (C=O) groups is 1. The molecule has 3 aliphatic rings. The van der Waals surface area contributed by atoms with E-state index in [0.29, 0.717) is 30.5 Å². The molecule has 3 saturated heterocycles. The van der Waals surface area contributed by atoms with Gasteiger partial charge in [-0.15, -0.1) is 0 Å². The first kappa shape index (κ1) is 14.2. The Morgan fingerprint density at radius 3 is 2.68 bits per heavy atom. The second-order valence-corrected chi connectivity index (χ2v) is 6.59. The van der Waals surface area contributed by atoms with E-state index >= 15 is 0 Å². The highest BCUT2D eigenvalue weighted by Crippen LogP contribution is 2.36. The van der Waals surface area contributed by atoms with Gasteiger partial charge in [-0.25, -0.2) is 0 Å². The molecule has 0 radical (unpaired) electrons. The maximum atomic E-state index is 12.5. The van der Waals surface area contributed by atoms with Gasteiger partial charge in [0.1, 0.15) is 0 Å². The first-order chi connectivity index (χ1) is 10.8. The predicted molar refractivity (Wildman–Crippen MR) is 82.1 cm³/mol. The van der Waals surface area contributed by atoms with Crippen LogP contribution in [0.5, 0.6) is 0 Å². The number of hydrogen-bond acceptors (Lipinski definition) is 4. The van der Waals surface area contributed by atoms with Gasteiger partial charge in [-0.3, -0.25) is 14.7 Å². The summed E-state index contributed by atoms with van der Waals surface area (Å²) in [4.78, 5) is 21.2. The molecule has 0 unspecified atom stereocenters. The lowest BCUT2D eigenvalue weighted by molar-refractivity contribution is -0.129. The van der Waals surface area contributed by atoms with Gasteiger partial charge < -0.3 is 9.64 Å². The Morgan fingerprint density at radius 2 is 1.91 bits per heavy atom. The third-order valence-electron chi connectivity index (χ3n) is 5.42. The van der Waals surface area contributed by atoms with Crippen molar-refractivity contribution in [2.75, 3.05) is 19.8 Å². The Bertz CT molecular complexity index is 530. The van der Waals surface area contributed by atoms with E-state index in [1.807, 2.05) is 12.1 Å². The van der Waals surface area contributed by atoms with Gasteiger partial charge in [-0.05, 0) is 37.0 Å². The van der Waals surface area contributed by atoms with E-state index in [4.69, 9.17) is 4.74 Å². The van der Waals surface area contributed by atoms with E-state index in [1.165, 1.54) is 5.56 Å². The van der Waals surface area contributed by atoms with Crippen LogP contribution in [0.4, 0.5) is 0 Å². The lowest BCUT2D eigenvalue weighted by Crippen LogP contribution is -2.44. The minimum atomic E-state index is 0.309. The molecule has 5 heteroatoms. The van der Waals surface area contributed by atoms with Crippen molar-refractivity contribution in [2.24, 2.45) is 0 Å². The van der Waals surface area contributed by atoms with Gasteiger partial charge in [0.25, 0.3) is 0 Å². The largest absolute Gasteiger partial charge is 0.381 e. The number of nitrogens with zero attached hydrogens (tertiary/aromatic N) is 3. The summed E-state index contributed by atoms with van der Waals surface area (Å²) in [5, 5.41) is 0. The first-order valence-electron chi connectivity index (χ1n) is 8.35. The molecule has 0 spiro atoms. The topological polar surface area (TPSA) is 45.7 Å². The number of amides is 1. The molecule has 0 N–H and O–H groups in total. The van der Waals surface area contributed by atoms with Gasteiger partial charge in [0.05, 0.1) is 0 Å². The highest BCUT2D eigenvalue weighted by atomic mass is 16.5. The number of pyridine rings is 1. The number of likely N-dealkylation sites (tertiary alicyclic amines) is 2. The molecule has 118 valence electrons. The maximum Gasteiger partial charge on any atom is 0.224 e. The van der Waals surface area contributed by atoms with Crippen LogP contribution in [0.15, 0.2) is 24.5 Å². The third kappa shape index (κ3) is 2.52. The fourth-order valence-electron chi connectivity index (χ4n) is 4.32. The molecule has 3 fully saturated rings. The van der Waals surface area contributed by atoms with Crippen LogP contribution in [0.3, 0.4) is 0 Å². The number of aromatic nitrogens is 1. The molecule has 3 aliphatic heterocycles. The third-order valence-corrected chi connectivity index (χ3v) is 5.42. The average Bonchev–Trinajstić information content (AvgIpc) is 3.09. The smallest absolute Gasteiger partial charge is 0.224 e. The Balaban J connectivity index is 1.47. The summed E-state index contributed by atoms with van der Waals surface area (Å²) in [6.45, 7) is 3.59. The summed E-state index contributed by atoms with van der Waals surface area (Å²) in [6.07, 6.45) is 7.63. The van der Waals surface area contributed by atoms with E-state index in [0.717, 1.165) is 45.6 Å². The summed E-state index contributed by atoms with van der Waals surface area (Å²) >= 11 is 0. The highest BCUT2D eigenvalue weighted by Gasteiger charge is 2.48. The van der Waals surface area contributed by atoms with Crippen LogP contribution >= 0.6 is 0 Å². The number of fused-ring (bicyclic) bond motifs is 1. The number of ether oxygens (including phenoxy) is 1. The van der Waals surface area contributed by atoms with Crippen molar-refractivity contribution in [2.45, 2.75) is 50.4 Å². The molecule has 22 heavy (non-hydrogen) atoms. The van der Waals surface area contributed by atoms with E-state index in [2.05, 4.69) is 14.8 Å². The molecule has 4 rings (SSSR count). The summed E-state index contributed by atoms with van der Waals surface area (Å²) < 4.78 is 5.48. The highest BCUT2D eigenvalue weighted by molar-refractivity contribution is 5.80. The van der Waals surface area contributed by atoms with Crippen LogP contribution in [0.25, 0.3) is 0 Å².